The summed E-state index contributed by atoms with van der Waals surface area (Å²) in [5.74, 6) is 0.465. The van der Waals surface area contributed by atoms with Gasteiger partial charge in [-0.2, -0.15) is 0 Å². The molecule has 0 fully saturated rings. The highest BCUT2D eigenvalue weighted by molar-refractivity contribution is 6.33. The third kappa shape index (κ3) is 4.75. The predicted molar refractivity (Wildman–Crippen MR) is 72.5 cm³/mol. The van der Waals surface area contributed by atoms with Gasteiger partial charge in [-0.1, -0.05) is 37.6 Å². The molecule has 0 spiro atoms. The molecule has 4 heteroatoms. The van der Waals surface area contributed by atoms with Crippen LogP contribution in [0.15, 0.2) is 18.2 Å². The minimum atomic E-state index is -0.0677. The Morgan fingerprint density at radius 3 is 2.71 bits per heavy atom. The average Bonchev–Trinajstić information content (AvgIpc) is 2.23. The maximum Gasteiger partial charge on any atom is 0.238 e. The summed E-state index contributed by atoms with van der Waals surface area (Å²) in [7, 11) is 0. The van der Waals surface area contributed by atoms with Gasteiger partial charge in [-0.05, 0) is 31.0 Å². The number of carbonyl (C=O) groups excluding carboxylic acids is 1. The van der Waals surface area contributed by atoms with Gasteiger partial charge in [-0.15, -0.1) is 0 Å². The number of carbonyl (C=O) groups is 1. The first-order valence-corrected chi connectivity index (χ1v) is 6.14. The summed E-state index contributed by atoms with van der Waals surface area (Å²) in [5.41, 5.74) is 1.67. The van der Waals surface area contributed by atoms with E-state index in [-0.39, 0.29) is 5.91 Å². The molecule has 0 unspecified atom stereocenters. The van der Waals surface area contributed by atoms with E-state index in [1.807, 2.05) is 19.1 Å². The van der Waals surface area contributed by atoms with E-state index in [1.165, 1.54) is 0 Å². The maximum absolute atomic E-state index is 11.7. The number of halogens is 1. The van der Waals surface area contributed by atoms with E-state index in [0.717, 1.165) is 12.1 Å². The van der Waals surface area contributed by atoms with E-state index in [9.17, 15) is 4.79 Å². The van der Waals surface area contributed by atoms with Gasteiger partial charge < -0.3 is 10.6 Å². The van der Waals surface area contributed by atoms with Crippen LogP contribution in [0.5, 0.6) is 0 Å². The van der Waals surface area contributed by atoms with Crippen LogP contribution in [0.25, 0.3) is 0 Å². The maximum atomic E-state index is 11.7. The van der Waals surface area contributed by atoms with Gasteiger partial charge >= 0.3 is 0 Å². The highest BCUT2D eigenvalue weighted by Gasteiger charge is 2.07. The van der Waals surface area contributed by atoms with Crippen molar-refractivity contribution in [2.75, 3.05) is 18.4 Å². The zero-order valence-electron chi connectivity index (χ0n) is 10.5. The lowest BCUT2D eigenvalue weighted by molar-refractivity contribution is -0.115. The van der Waals surface area contributed by atoms with Crippen LogP contribution in [0, 0.1) is 12.8 Å². The van der Waals surface area contributed by atoms with Gasteiger partial charge in [0.05, 0.1) is 17.3 Å². The van der Waals surface area contributed by atoms with E-state index >= 15 is 0 Å². The molecule has 1 rings (SSSR count). The topological polar surface area (TPSA) is 41.1 Å². The van der Waals surface area contributed by atoms with E-state index in [0.29, 0.717) is 23.2 Å². The lowest BCUT2D eigenvalue weighted by Crippen LogP contribution is -2.30. The molecule has 0 aliphatic heterocycles. The molecule has 0 atom stereocenters. The number of amides is 1. The van der Waals surface area contributed by atoms with Crippen LogP contribution in [0.3, 0.4) is 0 Å². The molecule has 0 radical (unpaired) electrons. The monoisotopic (exact) mass is 254 g/mol. The number of hydrogen-bond acceptors (Lipinski definition) is 2. The van der Waals surface area contributed by atoms with Gasteiger partial charge in [0.25, 0.3) is 0 Å². The molecule has 0 bridgehead atoms. The molecule has 94 valence electrons. The van der Waals surface area contributed by atoms with Gasteiger partial charge in [-0.25, -0.2) is 0 Å². The van der Waals surface area contributed by atoms with Crippen molar-refractivity contribution in [3.05, 3.63) is 28.8 Å². The van der Waals surface area contributed by atoms with Gasteiger partial charge in [0, 0.05) is 0 Å². The Balaban J connectivity index is 2.51. The number of anilines is 1. The fourth-order valence-electron chi connectivity index (χ4n) is 1.45. The number of nitrogens with one attached hydrogen (secondary N) is 2. The summed E-state index contributed by atoms with van der Waals surface area (Å²) in [4.78, 5) is 11.7. The van der Waals surface area contributed by atoms with E-state index < -0.39 is 0 Å². The molecule has 1 amide bonds. The van der Waals surface area contributed by atoms with Crippen molar-refractivity contribution in [2.24, 2.45) is 5.92 Å². The SMILES string of the molecule is Cc1cccc(Cl)c1NC(=O)CNCC(C)C. The molecule has 0 aliphatic rings. The van der Waals surface area contributed by atoms with Crippen LogP contribution >= 0.6 is 11.6 Å². The average molecular weight is 255 g/mol. The number of aryl methyl sites for hydroxylation is 1. The van der Waals surface area contributed by atoms with Gasteiger partial charge in [0.1, 0.15) is 0 Å². The lowest BCUT2D eigenvalue weighted by atomic mass is 10.2. The fourth-order valence-corrected chi connectivity index (χ4v) is 1.72. The smallest absolute Gasteiger partial charge is 0.238 e. The summed E-state index contributed by atoms with van der Waals surface area (Å²) in [5, 5.41) is 6.48. The molecule has 0 aliphatic carbocycles. The summed E-state index contributed by atoms with van der Waals surface area (Å²) in [6.07, 6.45) is 0. The summed E-state index contributed by atoms with van der Waals surface area (Å²) < 4.78 is 0. The Morgan fingerprint density at radius 2 is 2.12 bits per heavy atom. The van der Waals surface area contributed by atoms with Crippen LogP contribution in [0.1, 0.15) is 19.4 Å². The lowest BCUT2D eigenvalue weighted by Gasteiger charge is -2.11. The molecule has 3 nitrogen and oxygen atoms in total. The van der Waals surface area contributed by atoms with Crippen LogP contribution in [0.4, 0.5) is 5.69 Å². The van der Waals surface area contributed by atoms with Crippen molar-refractivity contribution in [2.45, 2.75) is 20.8 Å². The van der Waals surface area contributed by atoms with Crippen LogP contribution < -0.4 is 10.6 Å². The van der Waals surface area contributed by atoms with Gasteiger partial charge in [0.15, 0.2) is 0 Å². The zero-order valence-corrected chi connectivity index (χ0v) is 11.3. The Bertz CT molecular complexity index is 371. The van der Waals surface area contributed by atoms with E-state index in [1.54, 1.807) is 6.07 Å². The van der Waals surface area contributed by atoms with Crippen molar-refractivity contribution < 1.29 is 4.79 Å². The molecule has 2 N–H and O–H groups in total. The second-order valence-electron chi connectivity index (χ2n) is 4.50. The molecule has 0 saturated heterocycles. The molecular weight excluding hydrogens is 236 g/mol. The number of rotatable bonds is 5. The normalized spacial score (nSPS) is 10.6. The number of benzene rings is 1. The van der Waals surface area contributed by atoms with Crippen molar-refractivity contribution in [3.8, 4) is 0 Å². The second kappa shape index (κ2) is 6.62. The zero-order chi connectivity index (χ0) is 12.8. The van der Waals surface area contributed by atoms with Crippen molar-refractivity contribution in [3.63, 3.8) is 0 Å². The summed E-state index contributed by atoms with van der Waals surface area (Å²) >= 11 is 6.02. The number of para-hydroxylation sites is 1. The fraction of sp³-hybridized carbons (Fsp3) is 0.462. The van der Waals surface area contributed by atoms with Crippen molar-refractivity contribution in [1.29, 1.82) is 0 Å². The molecule has 1 aromatic carbocycles. The standard InChI is InChI=1S/C13H19ClN2O/c1-9(2)7-15-8-12(17)16-13-10(3)5-4-6-11(13)14/h4-6,9,15H,7-8H2,1-3H3,(H,16,17). The Hall–Kier alpha value is -1.06. The van der Waals surface area contributed by atoms with Crippen molar-refractivity contribution >= 4 is 23.2 Å². The summed E-state index contributed by atoms with van der Waals surface area (Å²) in [6, 6.07) is 5.55. The predicted octanol–water partition coefficient (Wildman–Crippen LogP) is 2.83. The summed E-state index contributed by atoms with van der Waals surface area (Å²) in [6.45, 7) is 7.26. The quantitative estimate of drug-likeness (QED) is 0.848. The first-order chi connectivity index (χ1) is 8.00. The molecular formula is C13H19ClN2O. The van der Waals surface area contributed by atoms with E-state index in [2.05, 4.69) is 24.5 Å². The van der Waals surface area contributed by atoms with E-state index in [4.69, 9.17) is 11.6 Å². The molecule has 0 aromatic heterocycles. The molecule has 17 heavy (non-hydrogen) atoms. The second-order valence-corrected chi connectivity index (χ2v) is 4.91. The Kier molecular flexibility index (Phi) is 5.45. The Labute approximate surface area is 108 Å². The Morgan fingerprint density at radius 1 is 1.41 bits per heavy atom. The third-order valence-electron chi connectivity index (χ3n) is 2.32. The van der Waals surface area contributed by atoms with Crippen LogP contribution in [-0.2, 0) is 4.79 Å². The van der Waals surface area contributed by atoms with Gasteiger partial charge in [0.2, 0.25) is 5.91 Å². The first-order valence-electron chi connectivity index (χ1n) is 5.76. The largest absolute Gasteiger partial charge is 0.323 e. The minimum absolute atomic E-state index is 0.0677. The number of hydrogen-bond donors (Lipinski definition) is 2. The van der Waals surface area contributed by atoms with Crippen molar-refractivity contribution in [1.82, 2.24) is 5.32 Å². The molecule has 1 aromatic rings. The highest BCUT2D eigenvalue weighted by Crippen LogP contribution is 2.24. The third-order valence-corrected chi connectivity index (χ3v) is 2.64. The molecule has 0 heterocycles. The highest BCUT2D eigenvalue weighted by atomic mass is 35.5. The molecule has 0 saturated carbocycles. The van der Waals surface area contributed by atoms with Crippen LogP contribution in [-0.4, -0.2) is 19.0 Å². The first kappa shape index (κ1) is 14.0. The minimum Gasteiger partial charge on any atom is -0.323 e. The van der Waals surface area contributed by atoms with Gasteiger partial charge in [-0.3, -0.25) is 4.79 Å². The van der Waals surface area contributed by atoms with Crippen LogP contribution in [0.2, 0.25) is 5.02 Å².